The summed E-state index contributed by atoms with van der Waals surface area (Å²) in [7, 11) is -3.07. The van der Waals surface area contributed by atoms with Crippen LogP contribution in [0.3, 0.4) is 0 Å². The fourth-order valence-corrected chi connectivity index (χ4v) is 2.78. The van der Waals surface area contributed by atoms with Crippen molar-refractivity contribution in [3.8, 4) is 0 Å². The molecule has 5 heteroatoms. The molecule has 0 saturated carbocycles. The second-order valence-electron chi connectivity index (χ2n) is 4.04. The fraction of sp³-hybridized carbons (Fsp3) is 0.455. The maximum Gasteiger partial charge on any atom is 0.211 e. The molecule has 1 saturated heterocycles. The van der Waals surface area contributed by atoms with E-state index < -0.39 is 10.0 Å². The lowest BCUT2D eigenvalue weighted by Gasteiger charge is -2.32. The number of rotatable bonds is 2. The van der Waals surface area contributed by atoms with Crippen LogP contribution < -0.4 is 5.32 Å². The SMILES string of the molecule is CS(=O)(=O)N1CCNC(c2ccccc2)C1. The molecule has 88 valence electrons. The Bertz CT molecular complexity index is 444. The van der Waals surface area contributed by atoms with E-state index in [1.165, 1.54) is 10.6 Å². The van der Waals surface area contributed by atoms with E-state index in [1.807, 2.05) is 30.3 Å². The molecule has 0 amide bonds. The molecule has 1 aromatic carbocycles. The summed E-state index contributed by atoms with van der Waals surface area (Å²) in [6, 6.07) is 10.0. The Morgan fingerprint density at radius 2 is 2.00 bits per heavy atom. The van der Waals surface area contributed by atoms with Gasteiger partial charge >= 0.3 is 0 Å². The van der Waals surface area contributed by atoms with Crippen molar-refractivity contribution in [1.82, 2.24) is 9.62 Å². The van der Waals surface area contributed by atoms with Crippen molar-refractivity contribution in [3.63, 3.8) is 0 Å². The Kier molecular flexibility index (Phi) is 3.28. The third-order valence-electron chi connectivity index (χ3n) is 2.81. The summed E-state index contributed by atoms with van der Waals surface area (Å²) in [5.41, 5.74) is 1.14. The fourth-order valence-electron chi connectivity index (χ4n) is 1.93. The summed E-state index contributed by atoms with van der Waals surface area (Å²) in [4.78, 5) is 0. The monoisotopic (exact) mass is 240 g/mol. The van der Waals surface area contributed by atoms with Crippen LogP contribution in [0.25, 0.3) is 0 Å². The maximum absolute atomic E-state index is 11.5. The molecule has 0 aromatic heterocycles. The molecule has 0 spiro atoms. The second-order valence-corrected chi connectivity index (χ2v) is 6.02. The van der Waals surface area contributed by atoms with Crippen molar-refractivity contribution in [2.75, 3.05) is 25.9 Å². The van der Waals surface area contributed by atoms with Crippen molar-refractivity contribution in [1.29, 1.82) is 0 Å². The molecule has 16 heavy (non-hydrogen) atoms. The van der Waals surface area contributed by atoms with Crippen LogP contribution in [-0.4, -0.2) is 38.6 Å². The number of piperazine rings is 1. The Balaban J connectivity index is 2.14. The lowest BCUT2D eigenvalue weighted by molar-refractivity contribution is 0.303. The first-order valence-electron chi connectivity index (χ1n) is 5.31. The Morgan fingerprint density at radius 1 is 1.31 bits per heavy atom. The normalized spacial score (nSPS) is 23.2. The smallest absolute Gasteiger partial charge is 0.211 e. The highest BCUT2D eigenvalue weighted by Gasteiger charge is 2.25. The van der Waals surface area contributed by atoms with Gasteiger partial charge in [-0.05, 0) is 5.56 Å². The predicted molar refractivity (Wildman–Crippen MR) is 63.6 cm³/mol. The lowest BCUT2D eigenvalue weighted by Crippen LogP contribution is -2.47. The van der Waals surface area contributed by atoms with Gasteiger partial charge in [0.05, 0.1) is 6.26 Å². The van der Waals surface area contributed by atoms with Gasteiger partial charge in [-0.15, -0.1) is 0 Å². The van der Waals surface area contributed by atoms with Gasteiger partial charge in [-0.3, -0.25) is 0 Å². The molecule has 0 radical (unpaired) electrons. The van der Waals surface area contributed by atoms with Crippen LogP contribution >= 0.6 is 0 Å². The molecule has 2 rings (SSSR count). The molecule has 1 aliphatic rings. The van der Waals surface area contributed by atoms with Crippen molar-refractivity contribution in [2.45, 2.75) is 6.04 Å². The predicted octanol–water partition coefficient (Wildman–Crippen LogP) is 0.592. The topological polar surface area (TPSA) is 49.4 Å². The number of hydrogen-bond donors (Lipinski definition) is 1. The molecule has 0 bridgehead atoms. The Labute approximate surface area is 96.3 Å². The molecule has 4 nitrogen and oxygen atoms in total. The Hall–Kier alpha value is -0.910. The molecule has 1 atom stereocenters. The van der Waals surface area contributed by atoms with E-state index >= 15 is 0 Å². The first-order valence-corrected chi connectivity index (χ1v) is 7.15. The summed E-state index contributed by atoms with van der Waals surface area (Å²) in [6.07, 6.45) is 1.26. The van der Waals surface area contributed by atoms with Gasteiger partial charge in [-0.2, -0.15) is 4.31 Å². The molecular formula is C11H16N2O2S. The van der Waals surface area contributed by atoms with E-state index in [0.717, 1.165) is 5.56 Å². The van der Waals surface area contributed by atoms with Crippen LogP contribution in [0.1, 0.15) is 11.6 Å². The van der Waals surface area contributed by atoms with E-state index in [0.29, 0.717) is 19.6 Å². The highest BCUT2D eigenvalue weighted by Crippen LogP contribution is 2.18. The molecule has 0 aliphatic carbocycles. The van der Waals surface area contributed by atoms with E-state index in [1.54, 1.807) is 0 Å². The van der Waals surface area contributed by atoms with Crippen LogP contribution in [0.15, 0.2) is 30.3 Å². The molecule has 1 heterocycles. The third kappa shape index (κ3) is 2.61. The van der Waals surface area contributed by atoms with Crippen molar-refractivity contribution >= 4 is 10.0 Å². The first-order chi connectivity index (χ1) is 7.57. The lowest BCUT2D eigenvalue weighted by atomic mass is 10.1. The van der Waals surface area contributed by atoms with E-state index in [9.17, 15) is 8.42 Å². The highest BCUT2D eigenvalue weighted by molar-refractivity contribution is 7.88. The number of sulfonamides is 1. The summed E-state index contributed by atoms with van der Waals surface area (Å²) >= 11 is 0. The largest absolute Gasteiger partial charge is 0.308 e. The van der Waals surface area contributed by atoms with Gasteiger partial charge < -0.3 is 5.32 Å². The number of nitrogens with one attached hydrogen (secondary N) is 1. The van der Waals surface area contributed by atoms with Crippen molar-refractivity contribution in [3.05, 3.63) is 35.9 Å². The van der Waals surface area contributed by atoms with Crippen LogP contribution in [-0.2, 0) is 10.0 Å². The molecule has 1 aromatic rings. The van der Waals surface area contributed by atoms with E-state index in [2.05, 4.69) is 5.32 Å². The minimum absolute atomic E-state index is 0.102. The van der Waals surface area contributed by atoms with Crippen LogP contribution in [0.2, 0.25) is 0 Å². The van der Waals surface area contributed by atoms with Gasteiger partial charge in [-0.25, -0.2) is 8.42 Å². The van der Waals surface area contributed by atoms with Gasteiger partial charge in [0.2, 0.25) is 10.0 Å². The number of benzene rings is 1. The summed E-state index contributed by atoms with van der Waals surface area (Å²) in [5.74, 6) is 0. The third-order valence-corrected chi connectivity index (χ3v) is 4.08. The number of nitrogens with zero attached hydrogens (tertiary/aromatic N) is 1. The standard InChI is InChI=1S/C11H16N2O2S/c1-16(14,15)13-8-7-12-11(9-13)10-5-3-2-4-6-10/h2-6,11-12H,7-9H2,1H3. The summed E-state index contributed by atoms with van der Waals surface area (Å²) in [5, 5.41) is 3.33. The second kappa shape index (κ2) is 4.53. The zero-order valence-electron chi connectivity index (χ0n) is 9.26. The van der Waals surface area contributed by atoms with E-state index in [-0.39, 0.29) is 6.04 Å². The molecule has 1 N–H and O–H groups in total. The molecule has 1 aliphatic heterocycles. The Morgan fingerprint density at radius 3 is 2.62 bits per heavy atom. The average molecular weight is 240 g/mol. The highest BCUT2D eigenvalue weighted by atomic mass is 32.2. The maximum atomic E-state index is 11.5. The summed E-state index contributed by atoms with van der Waals surface area (Å²) in [6.45, 7) is 1.78. The quantitative estimate of drug-likeness (QED) is 0.823. The van der Waals surface area contributed by atoms with Crippen LogP contribution in [0, 0.1) is 0 Å². The molecule has 1 fully saturated rings. The van der Waals surface area contributed by atoms with Gasteiger partial charge in [0, 0.05) is 25.7 Å². The zero-order valence-corrected chi connectivity index (χ0v) is 10.1. The van der Waals surface area contributed by atoms with E-state index in [4.69, 9.17) is 0 Å². The molecular weight excluding hydrogens is 224 g/mol. The van der Waals surface area contributed by atoms with Gasteiger partial charge in [-0.1, -0.05) is 30.3 Å². The first kappa shape index (κ1) is 11.6. The van der Waals surface area contributed by atoms with Crippen molar-refractivity contribution in [2.24, 2.45) is 0 Å². The minimum Gasteiger partial charge on any atom is -0.308 e. The van der Waals surface area contributed by atoms with Gasteiger partial charge in [0.1, 0.15) is 0 Å². The van der Waals surface area contributed by atoms with Crippen LogP contribution in [0.5, 0.6) is 0 Å². The van der Waals surface area contributed by atoms with Crippen LogP contribution in [0.4, 0.5) is 0 Å². The van der Waals surface area contributed by atoms with Gasteiger partial charge in [0.15, 0.2) is 0 Å². The summed E-state index contributed by atoms with van der Waals surface area (Å²) < 4.78 is 24.5. The minimum atomic E-state index is -3.07. The van der Waals surface area contributed by atoms with Crippen molar-refractivity contribution < 1.29 is 8.42 Å². The zero-order chi connectivity index (χ0) is 11.6. The van der Waals surface area contributed by atoms with Gasteiger partial charge in [0.25, 0.3) is 0 Å². The number of hydrogen-bond acceptors (Lipinski definition) is 3. The average Bonchev–Trinajstić information content (AvgIpc) is 2.29. The molecule has 1 unspecified atom stereocenters.